The van der Waals surface area contributed by atoms with Crippen LogP contribution in [-0.4, -0.2) is 58.9 Å². The van der Waals surface area contributed by atoms with Crippen molar-refractivity contribution in [2.24, 2.45) is 0 Å². The van der Waals surface area contributed by atoms with Crippen molar-refractivity contribution in [1.82, 2.24) is 19.8 Å². The first-order valence-electron chi connectivity index (χ1n) is 16.1. The molecule has 0 spiro atoms. The van der Waals surface area contributed by atoms with E-state index in [1.165, 1.54) is 13.2 Å². The average Bonchev–Trinajstić information content (AvgIpc) is 3.74. The topological polar surface area (TPSA) is 96.9 Å². The Kier molecular flexibility index (Phi) is 10.3. The van der Waals surface area contributed by atoms with E-state index in [0.29, 0.717) is 22.9 Å². The molecule has 1 N–H and O–H groups in total. The zero-order chi connectivity index (χ0) is 34.6. The van der Waals surface area contributed by atoms with Crippen LogP contribution in [0.15, 0.2) is 60.7 Å². The molecule has 0 bridgehead atoms. The molecule has 4 aromatic rings. The van der Waals surface area contributed by atoms with Gasteiger partial charge in [-0.3, -0.25) is 9.59 Å². The number of anilines is 2. The third kappa shape index (κ3) is 6.67. The number of carbonyl (C=O) groups is 2. The van der Waals surface area contributed by atoms with Gasteiger partial charge in [0.1, 0.15) is 34.5 Å². The number of benzene rings is 3. The number of ether oxygens (including phenoxy) is 2. The van der Waals surface area contributed by atoms with Crippen molar-refractivity contribution in [2.45, 2.75) is 59.0 Å². The van der Waals surface area contributed by atoms with Crippen LogP contribution < -0.4 is 14.8 Å². The summed E-state index contributed by atoms with van der Waals surface area (Å²) in [5.74, 6) is -0.790. The highest BCUT2D eigenvalue weighted by atomic mass is 19.1. The highest BCUT2D eigenvalue weighted by Crippen LogP contribution is 2.36. The van der Waals surface area contributed by atoms with Crippen LogP contribution in [0, 0.1) is 11.6 Å². The van der Waals surface area contributed by atoms with Gasteiger partial charge in [0, 0.05) is 30.4 Å². The van der Waals surface area contributed by atoms with Crippen molar-refractivity contribution in [3.63, 3.8) is 0 Å². The lowest BCUT2D eigenvalue weighted by Gasteiger charge is -2.29. The smallest absolute Gasteiger partial charge is 0.260 e. The maximum atomic E-state index is 14.9. The van der Waals surface area contributed by atoms with Gasteiger partial charge in [-0.1, -0.05) is 32.0 Å². The predicted molar refractivity (Wildman–Crippen MR) is 180 cm³/mol. The van der Waals surface area contributed by atoms with Gasteiger partial charge in [0.25, 0.3) is 5.91 Å². The molecule has 2 aliphatic rings. The van der Waals surface area contributed by atoms with Gasteiger partial charge < -0.3 is 24.6 Å². The fourth-order valence-corrected chi connectivity index (χ4v) is 6.03. The van der Waals surface area contributed by atoms with Gasteiger partial charge in [-0.15, -0.1) is 0 Å². The molecule has 2 amide bonds. The SMILES string of the molecule is CC.COc1ccc(CN2Cc3nc(-c4c(F)cccc4F)nc(Nc4ccc(C(C)(C)C(=O)N5CCCC5)cc4)c3C2=O)c(OC)c1. The molecule has 6 rings (SSSR count). The zero-order valence-electron chi connectivity index (χ0n) is 28.2. The summed E-state index contributed by atoms with van der Waals surface area (Å²) in [4.78, 5) is 39.5. The summed E-state index contributed by atoms with van der Waals surface area (Å²) in [6.45, 7) is 9.64. The molecule has 0 atom stereocenters. The second-order valence-electron chi connectivity index (χ2n) is 12.0. The van der Waals surface area contributed by atoms with Gasteiger partial charge in [-0.05, 0) is 68.7 Å². The standard InChI is InChI=1S/C35H35F2N5O4.C2H6/c1-35(2,34(44)41-16-5-6-17-41)22-11-13-23(14-12-22)38-32-30-27(39-31(40-32)29-25(36)8-7-9-26(29)37)20-42(33(30)43)19-21-10-15-24(45-3)18-28(21)46-4;1-2/h7-15,18H,5-6,16-17,19-20H2,1-4H3,(H,38,39,40);1-2H3. The lowest BCUT2D eigenvalue weighted by molar-refractivity contribution is -0.135. The minimum atomic E-state index is -0.815. The molecule has 9 nitrogen and oxygen atoms in total. The molecule has 0 aliphatic carbocycles. The number of halogens is 2. The van der Waals surface area contributed by atoms with Crippen molar-refractivity contribution in [1.29, 1.82) is 0 Å². The Morgan fingerprint density at radius 3 is 2.21 bits per heavy atom. The number of rotatable bonds is 9. The summed E-state index contributed by atoms with van der Waals surface area (Å²) in [6.07, 6.45) is 2.02. The van der Waals surface area contributed by atoms with E-state index < -0.39 is 17.0 Å². The summed E-state index contributed by atoms with van der Waals surface area (Å²) in [6, 6.07) is 16.2. The molecule has 0 radical (unpaired) electrons. The number of likely N-dealkylation sites (tertiary alicyclic amines) is 1. The molecule has 3 heterocycles. The van der Waals surface area contributed by atoms with Crippen LogP contribution in [0.1, 0.15) is 67.7 Å². The molecule has 0 unspecified atom stereocenters. The minimum absolute atomic E-state index is 0.0788. The van der Waals surface area contributed by atoms with Crippen LogP contribution >= 0.6 is 0 Å². The second-order valence-corrected chi connectivity index (χ2v) is 12.0. The molecule has 0 saturated carbocycles. The van der Waals surface area contributed by atoms with E-state index >= 15 is 0 Å². The Labute approximate surface area is 279 Å². The number of methoxy groups -OCH3 is 2. The maximum absolute atomic E-state index is 14.9. The van der Waals surface area contributed by atoms with E-state index in [-0.39, 0.29) is 47.7 Å². The summed E-state index contributed by atoms with van der Waals surface area (Å²) in [5.41, 5.74) is 1.60. The van der Waals surface area contributed by atoms with E-state index in [2.05, 4.69) is 15.3 Å². The zero-order valence-corrected chi connectivity index (χ0v) is 28.2. The molecule has 2 aliphatic heterocycles. The molecular formula is C37H41F2N5O4. The number of hydrogen-bond acceptors (Lipinski definition) is 7. The van der Waals surface area contributed by atoms with Crippen LogP contribution in [-0.2, 0) is 23.3 Å². The first-order chi connectivity index (χ1) is 23.1. The van der Waals surface area contributed by atoms with Gasteiger partial charge in [0.15, 0.2) is 5.82 Å². The van der Waals surface area contributed by atoms with Crippen molar-refractivity contribution in [3.8, 4) is 22.9 Å². The molecule has 1 saturated heterocycles. The fourth-order valence-electron chi connectivity index (χ4n) is 6.03. The van der Waals surface area contributed by atoms with Gasteiger partial charge in [-0.25, -0.2) is 18.7 Å². The molecule has 48 heavy (non-hydrogen) atoms. The number of hydrogen-bond donors (Lipinski definition) is 1. The number of fused-ring (bicyclic) bond motifs is 1. The lowest BCUT2D eigenvalue weighted by atomic mass is 9.83. The summed E-state index contributed by atoms with van der Waals surface area (Å²) in [7, 11) is 3.09. The quantitative estimate of drug-likeness (QED) is 0.202. The molecule has 1 fully saturated rings. The Morgan fingerprint density at radius 1 is 0.917 bits per heavy atom. The van der Waals surface area contributed by atoms with E-state index in [0.717, 1.165) is 49.2 Å². The van der Waals surface area contributed by atoms with Crippen LogP contribution in [0.2, 0.25) is 0 Å². The number of nitrogens with zero attached hydrogens (tertiary/aromatic N) is 4. The Hall–Kier alpha value is -5.06. The average molecular weight is 658 g/mol. The number of nitrogens with one attached hydrogen (secondary N) is 1. The number of amides is 2. The number of carbonyl (C=O) groups excluding carboxylic acids is 2. The van der Waals surface area contributed by atoms with Gasteiger partial charge in [0.2, 0.25) is 5.91 Å². The second kappa shape index (κ2) is 14.4. The third-order valence-corrected chi connectivity index (χ3v) is 8.66. The van der Waals surface area contributed by atoms with Crippen LogP contribution in [0.25, 0.3) is 11.4 Å². The van der Waals surface area contributed by atoms with Crippen molar-refractivity contribution < 1.29 is 27.8 Å². The predicted octanol–water partition coefficient (Wildman–Crippen LogP) is 7.26. The first-order valence-corrected chi connectivity index (χ1v) is 16.1. The summed E-state index contributed by atoms with van der Waals surface area (Å²) >= 11 is 0. The summed E-state index contributed by atoms with van der Waals surface area (Å²) in [5, 5.41) is 3.19. The Balaban J connectivity index is 0.00000221. The fraction of sp³-hybridized carbons (Fsp3) is 0.351. The Morgan fingerprint density at radius 2 is 1.58 bits per heavy atom. The van der Waals surface area contributed by atoms with Gasteiger partial charge in [0.05, 0.1) is 44.0 Å². The van der Waals surface area contributed by atoms with Crippen molar-refractivity contribution in [2.75, 3.05) is 32.6 Å². The Bertz CT molecular complexity index is 1790. The first kappa shape index (κ1) is 34.3. The van der Waals surface area contributed by atoms with E-state index in [9.17, 15) is 18.4 Å². The highest BCUT2D eigenvalue weighted by Gasteiger charge is 2.36. The normalized spacial score (nSPS) is 14.0. The maximum Gasteiger partial charge on any atom is 0.260 e. The summed E-state index contributed by atoms with van der Waals surface area (Å²) < 4.78 is 40.6. The van der Waals surface area contributed by atoms with Crippen LogP contribution in [0.3, 0.4) is 0 Å². The molecule has 3 aromatic carbocycles. The molecule has 11 heteroatoms. The molecule has 1 aromatic heterocycles. The van der Waals surface area contributed by atoms with E-state index in [1.54, 1.807) is 36.3 Å². The molecular weight excluding hydrogens is 616 g/mol. The van der Waals surface area contributed by atoms with Crippen molar-refractivity contribution in [3.05, 3.63) is 94.7 Å². The molecule has 252 valence electrons. The van der Waals surface area contributed by atoms with Gasteiger partial charge >= 0.3 is 0 Å². The van der Waals surface area contributed by atoms with Crippen LogP contribution in [0.5, 0.6) is 11.5 Å². The minimum Gasteiger partial charge on any atom is -0.497 e. The van der Waals surface area contributed by atoms with Gasteiger partial charge in [-0.2, -0.15) is 0 Å². The van der Waals surface area contributed by atoms with E-state index in [4.69, 9.17) is 9.47 Å². The lowest BCUT2D eigenvalue weighted by Crippen LogP contribution is -2.41. The van der Waals surface area contributed by atoms with E-state index in [1.807, 2.05) is 50.8 Å². The highest BCUT2D eigenvalue weighted by molar-refractivity contribution is 6.03. The third-order valence-electron chi connectivity index (χ3n) is 8.66. The largest absolute Gasteiger partial charge is 0.497 e. The van der Waals surface area contributed by atoms with Crippen molar-refractivity contribution >= 4 is 23.3 Å². The monoisotopic (exact) mass is 657 g/mol. The number of aromatic nitrogens is 2. The van der Waals surface area contributed by atoms with Crippen LogP contribution in [0.4, 0.5) is 20.3 Å².